The maximum Gasteiger partial charge on any atom is 0.193 e. The average Bonchev–Trinajstić information content (AvgIpc) is 3.37. The van der Waals surface area contributed by atoms with Gasteiger partial charge in [-0.1, -0.05) is 218 Å². The van der Waals surface area contributed by atoms with Gasteiger partial charge in [0.1, 0.15) is 0 Å². The van der Waals surface area contributed by atoms with E-state index in [0.717, 1.165) is 66.8 Å². The molecular formula is C61H42O. The Balaban J connectivity index is 1.07. The fourth-order valence-corrected chi connectivity index (χ4v) is 8.29. The van der Waals surface area contributed by atoms with Crippen LogP contribution in [-0.2, 0) is 0 Å². The lowest BCUT2D eigenvalue weighted by molar-refractivity contribution is 0.103. The highest BCUT2D eigenvalue weighted by molar-refractivity contribution is 6.11. The summed E-state index contributed by atoms with van der Waals surface area (Å²) in [6.45, 7) is 0. The minimum atomic E-state index is -0.0279. The third-order valence-corrected chi connectivity index (χ3v) is 11.7. The first kappa shape index (κ1) is 38.1. The summed E-state index contributed by atoms with van der Waals surface area (Å²) in [4.78, 5) is 15.1. The van der Waals surface area contributed by atoms with Gasteiger partial charge < -0.3 is 0 Å². The van der Waals surface area contributed by atoms with Crippen molar-refractivity contribution in [2.75, 3.05) is 0 Å². The molecule has 10 aromatic carbocycles. The van der Waals surface area contributed by atoms with Gasteiger partial charge in [-0.05, 0) is 125 Å². The predicted octanol–water partition coefficient (Wildman–Crippen LogP) is 16.3. The largest absolute Gasteiger partial charge is 0.289 e. The topological polar surface area (TPSA) is 17.1 Å². The molecule has 1 heteroatoms. The summed E-state index contributed by atoms with van der Waals surface area (Å²) in [6, 6.07) is 88.9. The van der Waals surface area contributed by atoms with Crippen LogP contribution in [-0.4, -0.2) is 5.78 Å². The predicted molar refractivity (Wildman–Crippen MR) is 260 cm³/mol. The summed E-state index contributed by atoms with van der Waals surface area (Å²) in [5, 5.41) is 0. The lowest BCUT2D eigenvalue weighted by Gasteiger charge is -2.14. The summed E-state index contributed by atoms with van der Waals surface area (Å²) < 4.78 is 0. The number of carbonyl (C=O) groups is 1. The van der Waals surface area contributed by atoms with Gasteiger partial charge in [-0.25, -0.2) is 0 Å². The van der Waals surface area contributed by atoms with Crippen LogP contribution in [0.2, 0.25) is 0 Å². The quantitative estimate of drug-likeness (QED) is 0.126. The minimum Gasteiger partial charge on any atom is -0.289 e. The molecule has 0 atom stereocenters. The van der Waals surface area contributed by atoms with Gasteiger partial charge in [-0.3, -0.25) is 4.79 Å². The summed E-state index contributed by atoms with van der Waals surface area (Å²) >= 11 is 0. The molecule has 62 heavy (non-hydrogen) atoms. The third-order valence-electron chi connectivity index (χ3n) is 11.7. The van der Waals surface area contributed by atoms with Crippen LogP contribution in [0.15, 0.2) is 255 Å². The van der Waals surface area contributed by atoms with Crippen LogP contribution in [0, 0.1) is 0 Å². The van der Waals surface area contributed by atoms with Crippen molar-refractivity contribution in [3.63, 3.8) is 0 Å². The van der Waals surface area contributed by atoms with Crippen molar-refractivity contribution < 1.29 is 4.79 Å². The fourth-order valence-electron chi connectivity index (χ4n) is 8.29. The SMILES string of the molecule is O=C(c1cc(-c2ccc(-c3ccccc3)cc2)cc(-c2ccc(-c3ccccc3)cc2)c1)c1cc(-c2ccc(-c3ccccc3)cc2)cc(-c2ccc(-c3ccccc3)cc2)c1. The van der Waals surface area contributed by atoms with Crippen LogP contribution < -0.4 is 0 Å². The first-order valence-electron chi connectivity index (χ1n) is 21.1. The molecule has 10 aromatic rings. The minimum absolute atomic E-state index is 0.0279. The zero-order valence-corrected chi connectivity index (χ0v) is 34.2. The van der Waals surface area contributed by atoms with E-state index in [1.807, 2.05) is 24.3 Å². The molecule has 0 aliphatic heterocycles. The number of hydrogen-bond donors (Lipinski definition) is 0. The standard InChI is InChI=1S/C61H42O/c62-61(59-39-55(51-29-21-47(22-30-51)43-13-5-1-6-14-43)37-56(40-59)52-31-23-48(24-32-52)44-15-7-2-8-16-44)60-41-57(53-33-25-49(26-34-53)45-17-9-3-10-18-45)38-58(42-60)54-35-27-50(28-36-54)46-19-11-4-12-20-46/h1-42H. The Morgan fingerprint density at radius 3 is 0.532 bits per heavy atom. The Bertz CT molecular complexity index is 2680. The molecule has 0 aliphatic rings. The highest BCUT2D eigenvalue weighted by Gasteiger charge is 2.17. The van der Waals surface area contributed by atoms with E-state index < -0.39 is 0 Å². The zero-order valence-electron chi connectivity index (χ0n) is 34.2. The first-order valence-corrected chi connectivity index (χ1v) is 21.1. The third kappa shape index (κ3) is 8.21. The first-order chi connectivity index (χ1) is 30.6. The second-order valence-electron chi connectivity index (χ2n) is 15.7. The molecular weight excluding hydrogens is 749 g/mol. The van der Waals surface area contributed by atoms with Gasteiger partial charge in [0, 0.05) is 11.1 Å². The van der Waals surface area contributed by atoms with Crippen LogP contribution >= 0.6 is 0 Å². The number of hydrogen-bond acceptors (Lipinski definition) is 1. The van der Waals surface area contributed by atoms with Crippen LogP contribution in [0.1, 0.15) is 15.9 Å². The van der Waals surface area contributed by atoms with E-state index in [0.29, 0.717) is 11.1 Å². The van der Waals surface area contributed by atoms with Crippen molar-refractivity contribution in [3.05, 3.63) is 266 Å². The summed E-state index contributed by atoms with van der Waals surface area (Å²) in [5.41, 5.74) is 18.7. The van der Waals surface area contributed by atoms with Crippen LogP contribution in [0.5, 0.6) is 0 Å². The molecule has 0 fully saturated rings. The van der Waals surface area contributed by atoms with E-state index in [4.69, 9.17) is 0 Å². The van der Waals surface area contributed by atoms with E-state index in [9.17, 15) is 0 Å². The smallest absolute Gasteiger partial charge is 0.193 e. The van der Waals surface area contributed by atoms with Crippen molar-refractivity contribution in [2.45, 2.75) is 0 Å². The molecule has 0 unspecified atom stereocenters. The molecule has 0 saturated heterocycles. The average molecular weight is 791 g/mol. The van der Waals surface area contributed by atoms with Gasteiger partial charge in [0.05, 0.1) is 0 Å². The van der Waals surface area contributed by atoms with Gasteiger partial charge in [0.25, 0.3) is 0 Å². The molecule has 0 heterocycles. The Morgan fingerprint density at radius 2 is 0.339 bits per heavy atom. The van der Waals surface area contributed by atoms with E-state index in [-0.39, 0.29) is 5.78 Å². The molecule has 0 aromatic heterocycles. The molecule has 10 rings (SSSR count). The molecule has 0 amide bonds. The normalized spacial score (nSPS) is 11.0. The van der Waals surface area contributed by atoms with Gasteiger partial charge in [0.15, 0.2) is 5.78 Å². The van der Waals surface area contributed by atoms with Crippen molar-refractivity contribution in [2.24, 2.45) is 0 Å². The van der Waals surface area contributed by atoms with E-state index in [1.54, 1.807) is 0 Å². The van der Waals surface area contributed by atoms with Crippen LogP contribution in [0.25, 0.3) is 89.0 Å². The maximum absolute atomic E-state index is 15.1. The fraction of sp³-hybridized carbons (Fsp3) is 0. The Hall–Kier alpha value is -8.13. The van der Waals surface area contributed by atoms with Crippen molar-refractivity contribution in [1.82, 2.24) is 0 Å². The van der Waals surface area contributed by atoms with E-state index in [2.05, 4.69) is 231 Å². The van der Waals surface area contributed by atoms with E-state index in [1.165, 1.54) is 22.3 Å². The van der Waals surface area contributed by atoms with Crippen LogP contribution in [0.4, 0.5) is 0 Å². The van der Waals surface area contributed by atoms with Crippen LogP contribution in [0.3, 0.4) is 0 Å². The molecule has 0 bridgehead atoms. The molecule has 0 N–H and O–H groups in total. The summed E-state index contributed by atoms with van der Waals surface area (Å²) in [6.07, 6.45) is 0. The van der Waals surface area contributed by atoms with Gasteiger partial charge in [0.2, 0.25) is 0 Å². The Labute approximate surface area is 363 Å². The lowest BCUT2D eigenvalue weighted by Crippen LogP contribution is -2.03. The zero-order chi connectivity index (χ0) is 41.7. The van der Waals surface area contributed by atoms with Crippen molar-refractivity contribution >= 4 is 5.78 Å². The molecule has 0 spiro atoms. The second-order valence-corrected chi connectivity index (χ2v) is 15.7. The van der Waals surface area contributed by atoms with Gasteiger partial charge in [-0.2, -0.15) is 0 Å². The number of carbonyl (C=O) groups excluding carboxylic acids is 1. The molecule has 0 aliphatic carbocycles. The molecule has 292 valence electrons. The van der Waals surface area contributed by atoms with E-state index >= 15 is 4.79 Å². The number of rotatable bonds is 10. The van der Waals surface area contributed by atoms with Gasteiger partial charge in [-0.15, -0.1) is 0 Å². The number of benzene rings is 10. The Kier molecular flexibility index (Phi) is 10.6. The maximum atomic E-state index is 15.1. The Morgan fingerprint density at radius 1 is 0.177 bits per heavy atom. The number of ketones is 1. The second kappa shape index (κ2) is 17.2. The van der Waals surface area contributed by atoms with Gasteiger partial charge >= 0.3 is 0 Å². The summed E-state index contributed by atoms with van der Waals surface area (Å²) in [5.74, 6) is -0.0279. The molecule has 0 saturated carbocycles. The monoisotopic (exact) mass is 790 g/mol. The lowest BCUT2D eigenvalue weighted by atomic mass is 9.89. The highest BCUT2D eigenvalue weighted by Crippen LogP contribution is 2.36. The molecule has 1 nitrogen and oxygen atoms in total. The molecule has 0 radical (unpaired) electrons. The van der Waals surface area contributed by atoms with Crippen molar-refractivity contribution in [3.8, 4) is 89.0 Å². The highest BCUT2D eigenvalue weighted by atomic mass is 16.1. The van der Waals surface area contributed by atoms with Crippen molar-refractivity contribution in [1.29, 1.82) is 0 Å². The summed E-state index contributed by atoms with van der Waals surface area (Å²) in [7, 11) is 0.